The summed E-state index contributed by atoms with van der Waals surface area (Å²) in [4.78, 5) is 0. The van der Waals surface area contributed by atoms with Gasteiger partial charge in [-0.05, 0) is 49.2 Å². The van der Waals surface area contributed by atoms with Crippen molar-refractivity contribution in [3.63, 3.8) is 0 Å². The zero-order valence-electron chi connectivity index (χ0n) is 22.0. The molecule has 0 unspecified atom stereocenters. The lowest BCUT2D eigenvalue weighted by molar-refractivity contribution is 0.103. The van der Waals surface area contributed by atoms with Crippen LogP contribution in [0, 0.1) is 0 Å². The number of halogens is 2. The second kappa shape index (κ2) is 22.9. The summed E-state index contributed by atoms with van der Waals surface area (Å²) in [5.41, 5.74) is 1.99. The van der Waals surface area contributed by atoms with Gasteiger partial charge in [0.05, 0.1) is 27.4 Å². The van der Waals surface area contributed by atoms with Gasteiger partial charge in [-0.2, -0.15) is 0 Å². The monoisotopic (exact) mass is 532 g/mol. The van der Waals surface area contributed by atoms with Crippen molar-refractivity contribution in [1.82, 2.24) is 0 Å². The van der Waals surface area contributed by atoms with E-state index in [-0.39, 0.29) is 0 Å². The summed E-state index contributed by atoms with van der Waals surface area (Å²) < 4.78 is 29.8. The quantitative estimate of drug-likeness (QED) is 0.251. The Bertz CT molecular complexity index is 710. The number of rotatable bonds is 14. The maximum Gasteiger partial charge on any atom is 0.122 e. The van der Waals surface area contributed by atoms with E-state index in [1.807, 2.05) is 24.3 Å². The first-order valence-corrected chi connectivity index (χ1v) is 12.3. The fourth-order valence-corrected chi connectivity index (χ4v) is 3.38. The van der Waals surface area contributed by atoms with E-state index < -0.39 is 0 Å². The van der Waals surface area contributed by atoms with E-state index in [0.717, 1.165) is 35.8 Å². The summed E-state index contributed by atoms with van der Waals surface area (Å²) in [7, 11) is 10.1. The van der Waals surface area contributed by atoms with Crippen LogP contribution in [0.5, 0.6) is 11.5 Å². The van der Waals surface area contributed by atoms with Gasteiger partial charge < -0.3 is 28.4 Å². The van der Waals surface area contributed by atoms with Crippen LogP contribution in [-0.2, 0) is 25.4 Å². The molecule has 0 aliphatic rings. The van der Waals surface area contributed by atoms with Gasteiger partial charge in [-0.25, -0.2) is 0 Å². The average Bonchev–Trinajstić information content (AvgIpc) is 2.86. The Morgan fingerprint density at radius 2 is 0.886 bits per heavy atom. The molecule has 2 aromatic rings. The van der Waals surface area contributed by atoms with E-state index in [9.17, 15) is 0 Å². The molecule has 8 heteroatoms. The van der Waals surface area contributed by atoms with Gasteiger partial charge in [0, 0.05) is 69.2 Å². The molecule has 200 valence electrons. The molecule has 0 saturated heterocycles. The number of benzene rings is 2. The number of unbranched alkanes of at least 4 members (excludes halogenated alkanes) is 3. The highest BCUT2D eigenvalue weighted by Gasteiger charge is 2.09. The third-order valence-electron chi connectivity index (χ3n) is 4.80. The van der Waals surface area contributed by atoms with Crippen molar-refractivity contribution in [3.05, 3.63) is 57.6 Å². The van der Waals surface area contributed by atoms with Crippen LogP contribution in [0.1, 0.15) is 36.8 Å². The Kier molecular flexibility index (Phi) is 21.9. The molecule has 0 aromatic heterocycles. The van der Waals surface area contributed by atoms with Crippen LogP contribution in [0.25, 0.3) is 0 Å². The summed E-state index contributed by atoms with van der Waals surface area (Å²) in [6, 6.07) is 11.1. The molecule has 2 aromatic carbocycles. The summed E-state index contributed by atoms with van der Waals surface area (Å²) in [5, 5.41) is 1.36. The molecule has 0 atom stereocenters. The zero-order valence-corrected chi connectivity index (χ0v) is 23.5. The molecular weight excluding hydrogens is 491 g/mol. The Hall–Kier alpha value is -1.54. The second-order valence-corrected chi connectivity index (χ2v) is 8.35. The van der Waals surface area contributed by atoms with Crippen molar-refractivity contribution in [2.24, 2.45) is 0 Å². The molecule has 0 spiro atoms. The number of methoxy groups -OCH3 is 6. The highest BCUT2D eigenvalue weighted by molar-refractivity contribution is 6.31. The molecule has 2 rings (SSSR count). The molecule has 0 aliphatic heterocycles. The van der Waals surface area contributed by atoms with Gasteiger partial charge in [-0.15, -0.1) is 0 Å². The second-order valence-electron chi connectivity index (χ2n) is 7.47. The Morgan fingerprint density at radius 1 is 0.514 bits per heavy atom. The van der Waals surface area contributed by atoms with Gasteiger partial charge in [0.2, 0.25) is 0 Å². The lowest BCUT2D eigenvalue weighted by atomic mass is 10.0. The molecule has 0 bridgehead atoms. The maximum atomic E-state index is 6.03. The third kappa shape index (κ3) is 16.7. The van der Waals surface area contributed by atoms with E-state index >= 15 is 0 Å². The Balaban J connectivity index is 0.000000606. The van der Waals surface area contributed by atoms with Gasteiger partial charge in [-0.3, -0.25) is 0 Å². The highest BCUT2D eigenvalue weighted by Crippen LogP contribution is 2.30. The van der Waals surface area contributed by atoms with E-state index in [2.05, 4.69) is 9.47 Å². The Morgan fingerprint density at radius 3 is 1.20 bits per heavy atom. The molecule has 0 saturated carbocycles. The molecule has 0 amide bonds. The van der Waals surface area contributed by atoms with Crippen molar-refractivity contribution in [3.8, 4) is 11.5 Å². The van der Waals surface area contributed by atoms with E-state index in [0.29, 0.717) is 29.7 Å². The topological polar surface area (TPSA) is 55.4 Å². The molecule has 0 heterocycles. The molecule has 0 radical (unpaired) electrons. The van der Waals surface area contributed by atoms with Gasteiger partial charge >= 0.3 is 0 Å². The molecular formula is C27H42Cl2O6. The first-order chi connectivity index (χ1) is 17.0. The van der Waals surface area contributed by atoms with Crippen LogP contribution < -0.4 is 9.47 Å². The largest absolute Gasteiger partial charge is 0.496 e. The summed E-state index contributed by atoms with van der Waals surface area (Å²) >= 11 is 12.1. The predicted molar refractivity (Wildman–Crippen MR) is 145 cm³/mol. The smallest absolute Gasteiger partial charge is 0.122 e. The minimum absolute atomic E-state index is 0.646. The summed E-state index contributed by atoms with van der Waals surface area (Å²) in [6.07, 6.45) is 5.53. The summed E-state index contributed by atoms with van der Waals surface area (Å²) in [5.74, 6) is 1.60. The maximum absolute atomic E-state index is 6.03. The van der Waals surface area contributed by atoms with Crippen LogP contribution >= 0.6 is 23.2 Å². The minimum Gasteiger partial charge on any atom is -0.496 e. The lowest BCUT2D eigenvalue weighted by Gasteiger charge is -2.12. The standard InChI is InChI=1S/C15H14Cl2O2.C8H18O2.C4H10O2/c1-18-14-5-3-12(16)8-10(14)7-11-9-13(17)4-6-15(11)19-2;1-9-7-5-3-4-6-8-10-2;1-5-3-4-6-2/h3-6,8-9H,7H2,1-2H3;3-8H2,1-2H3;3-4H2,1-2H3. The number of hydrogen-bond acceptors (Lipinski definition) is 6. The minimum atomic E-state index is 0.646. The summed E-state index contributed by atoms with van der Waals surface area (Å²) in [6.45, 7) is 3.17. The Labute approximate surface area is 221 Å². The van der Waals surface area contributed by atoms with Gasteiger partial charge in [0.1, 0.15) is 11.5 Å². The molecule has 0 fully saturated rings. The number of ether oxygens (including phenoxy) is 6. The van der Waals surface area contributed by atoms with E-state index in [4.69, 9.17) is 42.1 Å². The molecule has 6 nitrogen and oxygen atoms in total. The van der Waals surface area contributed by atoms with Gasteiger partial charge in [0.25, 0.3) is 0 Å². The van der Waals surface area contributed by atoms with Gasteiger partial charge in [-0.1, -0.05) is 36.0 Å². The molecule has 0 aliphatic carbocycles. The van der Waals surface area contributed by atoms with Crippen molar-refractivity contribution >= 4 is 23.2 Å². The fourth-order valence-electron chi connectivity index (χ4n) is 2.99. The third-order valence-corrected chi connectivity index (χ3v) is 5.27. The van der Waals surface area contributed by atoms with Crippen molar-refractivity contribution in [2.45, 2.75) is 32.1 Å². The van der Waals surface area contributed by atoms with Crippen molar-refractivity contribution in [2.75, 3.05) is 69.1 Å². The number of hydrogen-bond donors (Lipinski definition) is 0. The lowest BCUT2D eigenvalue weighted by Crippen LogP contribution is -1.97. The fraction of sp³-hybridized carbons (Fsp3) is 0.556. The van der Waals surface area contributed by atoms with Crippen molar-refractivity contribution in [1.29, 1.82) is 0 Å². The SMILES string of the molecule is COCCCCCCOC.COCCOC.COc1ccc(Cl)cc1Cc1cc(Cl)ccc1OC. The first-order valence-electron chi connectivity index (χ1n) is 11.6. The molecule has 0 N–H and O–H groups in total. The van der Waals surface area contributed by atoms with Crippen molar-refractivity contribution < 1.29 is 28.4 Å². The average molecular weight is 534 g/mol. The zero-order chi connectivity index (χ0) is 26.3. The van der Waals surface area contributed by atoms with Crippen LogP contribution in [0.15, 0.2) is 36.4 Å². The molecule has 35 heavy (non-hydrogen) atoms. The predicted octanol–water partition coefficient (Wildman–Crippen LogP) is 6.72. The van der Waals surface area contributed by atoms with Crippen LogP contribution in [0.2, 0.25) is 10.0 Å². The van der Waals surface area contributed by atoms with Crippen LogP contribution in [0.3, 0.4) is 0 Å². The van der Waals surface area contributed by atoms with E-state index in [1.54, 1.807) is 54.8 Å². The van der Waals surface area contributed by atoms with E-state index in [1.165, 1.54) is 25.7 Å². The normalized spacial score (nSPS) is 10.1. The highest BCUT2D eigenvalue weighted by atomic mass is 35.5. The van der Waals surface area contributed by atoms with Crippen LogP contribution in [0.4, 0.5) is 0 Å². The first kappa shape index (κ1) is 33.5. The van der Waals surface area contributed by atoms with Gasteiger partial charge in [0.15, 0.2) is 0 Å². The van der Waals surface area contributed by atoms with Crippen LogP contribution in [-0.4, -0.2) is 69.1 Å².